The first-order chi connectivity index (χ1) is 24.8. The van der Waals surface area contributed by atoms with Crippen molar-refractivity contribution in [1.29, 1.82) is 0 Å². The fourth-order valence-electron chi connectivity index (χ4n) is 7.14. The topological polar surface area (TPSA) is 56.7 Å². The fraction of sp³-hybridized carbons (Fsp3) is 0. The van der Waals surface area contributed by atoms with Gasteiger partial charge in [0.1, 0.15) is 11.2 Å². The number of benzene rings is 7. The molecule has 7 aromatic carbocycles. The molecule has 3 aromatic heterocycles. The molecule has 0 amide bonds. The van der Waals surface area contributed by atoms with E-state index in [0.717, 1.165) is 66.5 Å². The Labute approximate surface area is 287 Å². The van der Waals surface area contributed by atoms with Crippen LogP contribution < -0.4 is 0 Å². The van der Waals surface area contributed by atoms with Gasteiger partial charge in [-0.1, -0.05) is 133 Å². The van der Waals surface area contributed by atoms with Crippen LogP contribution in [0, 0.1) is 0 Å². The number of fused-ring (bicyclic) bond motifs is 6. The zero-order chi connectivity index (χ0) is 33.0. The molecule has 0 spiro atoms. The summed E-state index contributed by atoms with van der Waals surface area (Å²) in [6, 6.07) is 58.6. The maximum absolute atomic E-state index is 6.56. The maximum Gasteiger partial charge on any atom is 0.164 e. The minimum atomic E-state index is 0.596. The van der Waals surface area contributed by atoms with Crippen molar-refractivity contribution in [3.8, 4) is 51.0 Å². The smallest absolute Gasteiger partial charge is 0.164 e. The Hall–Kier alpha value is -6.85. The molecule has 0 unspecified atom stereocenters. The average Bonchev–Trinajstić information content (AvgIpc) is 3.74. The van der Waals surface area contributed by atoms with E-state index < -0.39 is 0 Å². The van der Waals surface area contributed by atoms with Gasteiger partial charge in [0.05, 0.1) is 11.0 Å². The lowest BCUT2D eigenvalue weighted by atomic mass is 9.99. The third-order valence-corrected chi connectivity index (χ3v) is 9.43. The second kappa shape index (κ2) is 11.4. The molecule has 234 valence electrons. The first-order valence-electron chi connectivity index (χ1n) is 16.7. The number of furan rings is 1. The second-order valence-electron chi connectivity index (χ2n) is 12.5. The summed E-state index contributed by atoms with van der Waals surface area (Å²) in [5.74, 6) is 1.84. The van der Waals surface area contributed by atoms with Crippen LogP contribution in [0.5, 0.6) is 0 Å². The molecule has 10 aromatic rings. The molecule has 5 heteroatoms. The Bertz CT molecular complexity index is 2760. The third kappa shape index (κ3) is 4.60. The van der Waals surface area contributed by atoms with Crippen molar-refractivity contribution < 1.29 is 4.42 Å². The average molecular weight is 641 g/mol. The van der Waals surface area contributed by atoms with Gasteiger partial charge in [-0.2, -0.15) is 0 Å². The molecule has 0 aliphatic heterocycles. The summed E-state index contributed by atoms with van der Waals surface area (Å²) >= 11 is 0. The van der Waals surface area contributed by atoms with Crippen molar-refractivity contribution in [1.82, 2.24) is 19.5 Å². The first kappa shape index (κ1) is 28.2. The van der Waals surface area contributed by atoms with Crippen LogP contribution in [-0.4, -0.2) is 19.5 Å². The summed E-state index contributed by atoms with van der Waals surface area (Å²) < 4.78 is 8.90. The molecule has 0 N–H and O–H groups in total. The quantitative estimate of drug-likeness (QED) is 0.188. The van der Waals surface area contributed by atoms with Gasteiger partial charge in [-0.25, -0.2) is 15.0 Å². The summed E-state index contributed by atoms with van der Waals surface area (Å²) in [6.07, 6.45) is 0. The van der Waals surface area contributed by atoms with Gasteiger partial charge in [-0.15, -0.1) is 0 Å². The lowest BCUT2D eigenvalue weighted by Crippen LogP contribution is -2.01. The first-order valence-corrected chi connectivity index (χ1v) is 16.7. The summed E-state index contributed by atoms with van der Waals surface area (Å²) in [7, 11) is 0. The highest BCUT2D eigenvalue weighted by molar-refractivity contribution is 6.11. The number of hydrogen-bond acceptors (Lipinski definition) is 4. The minimum absolute atomic E-state index is 0.596. The Morgan fingerprint density at radius 2 is 0.880 bits per heavy atom. The molecule has 5 nitrogen and oxygen atoms in total. The Balaban J connectivity index is 1.29. The normalized spacial score (nSPS) is 11.6. The lowest BCUT2D eigenvalue weighted by Gasteiger charge is -2.14. The molecule has 0 aliphatic rings. The maximum atomic E-state index is 6.56. The van der Waals surface area contributed by atoms with Gasteiger partial charge < -0.3 is 8.98 Å². The summed E-state index contributed by atoms with van der Waals surface area (Å²) in [5, 5.41) is 4.58. The number of aromatic nitrogens is 4. The Kier molecular flexibility index (Phi) is 6.42. The molecule has 0 aliphatic carbocycles. The minimum Gasteiger partial charge on any atom is -0.455 e. The summed E-state index contributed by atoms with van der Waals surface area (Å²) in [6.45, 7) is 0. The molecule has 0 saturated heterocycles. The van der Waals surface area contributed by atoms with Gasteiger partial charge in [0.2, 0.25) is 0 Å². The van der Waals surface area contributed by atoms with Crippen LogP contribution in [0.4, 0.5) is 0 Å². The van der Waals surface area contributed by atoms with E-state index in [4.69, 9.17) is 19.4 Å². The van der Waals surface area contributed by atoms with E-state index in [1.54, 1.807) is 0 Å². The largest absolute Gasteiger partial charge is 0.455 e. The van der Waals surface area contributed by atoms with Crippen molar-refractivity contribution in [3.05, 3.63) is 170 Å². The van der Waals surface area contributed by atoms with Crippen LogP contribution in [0.1, 0.15) is 0 Å². The van der Waals surface area contributed by atoms with Gasteiger partial charge in [0.15, 0.2) is 17.5 Å². The Morgan fingerprint density at radius 1 is 0.380 bits per heavy atom. The van der Waals surface area contributed by atoms with E-state index in [2.05, 4.69) is 102 Å². The molecule has 0 atom stereocenters. The van der Waals surface area contributed by atoms with E-state index in [1.165, 1.54) is 10.8 Å². The lowest BCUT2D eigenvalue weighted by molar-refractivity contribution is 0.670. The van der Waals surface area contributed by atoms with Gasteiger partial charge in [0.25, 0.3) is 0 Å². The zero-order valence-electron chi connectivity index (χ0n) is 26.9. The molecule has 0 saturated carbocycles. The molecular formula is C45H28N4O. The van der Waals surface area contributed by atoms with Crippen molar-refractivity contribution in [3.63, 3.8) is 0 Å². The standard InChI is InChI=1S/C45H28N4O/c1-3-14-29(15-4-1)43-46-44(30-16-5-2-6-17-30)48-45(47-43)32-26-31(34-21-13-22-38-37-20-9-12-25-41(37)50-42(34)38)27-33(28-32)49-39-23-10-7-18-35(39)36-19-8-11-24-40(36)49/h1-28H. The molecule has 0 bridgehead atoms. The summed E-state index contributed by atoms with van der Waals surface area (Å²) in [5.41, 5.74) is 9.73. The van der Waals surface area contributed by atoms with Crippen LogP contribution in [0.15, 0.2) is 174 Å². The van der Waals surface area contributed by atoms with E-state index in [-0.39, 0.29) is 0 Å². The van der Waals surface area contributed by atoms with Crippen molar-refractivity contribution >= 4 is 43.7 Å². The molecule has 10 rings (SSSR count). The van der Waals surface area contributed by atoms with Gasteiger partial charge in [-0.05, 0) is 42.0 Å². The van der Waals surface area contributed by atoms with E-state index in [9.17, 15) is 0 Å². The monoisotopic (exact) mass is 640 g/mol. The van der Waals surface area contributed by atoms with Crippen LogP contribution in [-0.2, 0) is 0 Å². The molecule has 0 fully saturated rings. The number of rotatable bonds is 5. The summed E-state index contributed by atoms with van der Waals surface area (Å²) in [4.78, 5) is 15.2. The molecule has 0 radical (unpaired) electrons. The highest BCUT2D eigenvalue weighted by atomic mass is 16.3. The van der Waals surface area contributed by atoms with Crippen LogP contribution in [0.25, 0.3) is 94.7 Å². The van der Waals surface area contributed by atoms with Crippen LogP contribution in [0.2, 0.25) is 0 Å². The number of hydrogen-bond donors (Lipinski definition) is 0. The number of nitrogens with zero attached hydrogens (tertiary/aromatic N) is 4. The predicted molar refractivity (Wildman–Crippen MR) is 203 cm³/mol. The second-order valence-corrected chi connectivity index (χ2v) is 12.5. The predicted octanol–water partition coefficient (Wildman–Crippen LogP) is 11.5. The third-order valence-electron chi connectivity index (χ3n) is 9.43. The highest BCUT2D eigenvalue weighted by Crippen LogP contribution is 2.40. The SMILES string of the molecule is c1ccc(-c2nc(-c3ccccc3)nc(-c3cc(-c4cccc5c4oc4ccccc45)cc(-n4c5ccccc5c5ccccc54)c3)n2)cc1. The van der Waals surface area contributed by atoms with E-state index >= 15 is 0 Å². The van der Waals surface area contributed by atoms with E-state index in [1.807, 2.05) is 72.8 Å². The highest BCUT2D eigenvalue weighted by Gasteiger charge is 2.19. The van der Waals surface area contributed by atoms with Gasteiger partial charge >= 0.3 is 0 Å². The van der Waals surface area contributed by atoms with Crippen molar-refractivity contribution in [2.75, 3.05) is 0 Å². The Morgan fingerprint density at radius 3 is 1.52 bits per heavy atom. The van der Waals surface area contributed by atoms with E-state index in [0.29, 0.717) is 17.5 Å². The number of para-hydroxylation sites is 4. The molecule has 50 heavy (non-hydrogen) atoms. The van der Waals surface area contributed by atoms with Gasteiger partial charge in [-0.3, -0.25) is 0 Å². The van der Waals surface area contributed by atoms with Crippen LogP contribution >= 0.6 is 0 Å². The van der Waals surface area contributed by atoms with Crippen molar-refractivity contribution in [2.45, 2.75) is 0 Å². The zero-order valence-corrected chi connectivity index (χ0v) is 26.9. The van der Waals surface area contributed by atoms with Crippen molar-refractivity contribution in [2.24, 2.45) is 0 Å². The molecular weight excluding hydrogens is 613 g/mol. The van der Waals surface area contributed by atoms with Crippen LogP contribution in [0.3, 0.4) is 0 Å². The fourth-order valence-corrected chi connectivity index (χ4v) is 7.14. The molecule has 3 heterocycles. The van der Waals surface area contributed by atoms with Gasteiger partial charge in [0, 0.05) is 49.5 Å².